The van der Waals surface area contributed by atoms with Crippen molar-refractivity contribution in [2.45, 2.75) is 10.9 Å². The van der Waals surface area contributed by atoms with Crippen LogP contribution in [0, 0.1) is 0 Å². The Morgan fingerprint density at radius 1 is 1.07 bits per heavy atom. The maximum atomic E-state index is 11.7. The van der Waals surface area contributed by atoms with Crippen LogP contribution < -0.4 is 5.73 Å². The van der Waals surface area contributed by atoms with Crippen LogP contribution in [0.5, 0.6) is 0 Å². The Hall–Kier alpha value is -3.16. The minimum absolute atomic E-state index is 0.450. The summed E-state index contributed by atoms with van der Waals surface area (Å²) in [5, 5.41) is 10.0. The Morgan fingerprint density at radius 2 is 1.93 bits per heavy atom. The van der Waals surface area contributed by atoms with Crippen molar-refractivity contribution in [1.29, 1.82) is 0 Å². The highest BCUT2D eigenvalue weighted by atomic mass is 35.5. The lowest BCUT2D eigenvalue weighted by Gasteiger charge is -2.11. The summed E-state index contributed by atoms with van der Waals surface area (Å²) in [4.78, 5) is 15.9. The first-order chi connectivity index (χ1) is 14.1. The predicted molar refractivity (Wildman–Crippen MR) is 114 cm³/mol. The van der Waals surface area contributed by atoms with Crippen molar-refractivity contribution in [3.63, 3.8) is 0 Å². The molecule has 29 heavy (non-hydrogen) atoms. The molecule has 0 unspecified atom stereocenters. The average Bonchev–Trinajstić information content (AvgIpc) is 3.17. The number of halogens is 1. The van der Waals surface area contributed by atoms with E-state index in [1.54, 1.807) is 24.5 Å². The van der Waals surface area contributed by atoms with Gasteiger partial charge in [-0.05, 0) is 42.0 Å². The number of amides is 1. The fourth-order valence-corrected chi connectivity index (χ4v) is 4.06. The number of aromatic nitrogens is 4. The van der Waals surface area contributed by atoms with E-state index >= 15 is 0 Å². The van der Waals surface area contributed by atoms with Crippen LogP contribution in [0.3, 0.4) is 0 Å². The summed E-state index contributed by atoms with van der Waals surface area (Å²) < 4.78 is 1.93. The van der Waals surface area contributed by atoms with Gasteiger partial charge < -0.3 is 5.73 Å². The molecule has 2 aromatic carbocycles. The third-order valence-corrected chi connectivity index (χ3v) is 5.47. The van der Waals surface area contributed by atoms with E-state index in [1.807, 2.05) is 53.1 Å². The highest BCUT2D eigenvalue weighted by Crippen LogP contribution is 2.30. The number of hydrogen-bond acceptors (Lipinski definition) is 5. The molecule has 2 aromatic heterocycles. The average molecular weight is 422 g/mol. The summed E-state index contributed by atoms with van der Waals surface area (Å²) in [5.41, 5.74) is 8.52. The zero-order chi connectivity index (χ0) is 20.2. The van der Waals surface area contributed by atoms with Gasteiger partial charge in [0.2, 0.25) is 5.91 Å². The van der Waals surface area contributed by atoms with Crippen molar-refractivity contribution in [3.05, 3.63) is 89.2 Å². The second-order valence-corrected chi connectivity index (χ2v) is 7.55. The lowest BCUT2D eigenvalue weighted by Crippen LogP contribution is -2.13. The molecule has 144 valence electrons. The van der Waals surface area contributed by atoms with E-state index in [4.69, 9.17) is 17.3 Å². The maximum Gasteiger partial charge on any atom is 0.249 e. The number of pyridine rings is 1. The molecule has 0 saturated carbocycles. The van der Waals surface area contributed by atoms with Gasteiger partial charge in [-0.1, -0.05) is 47.6 Å². The maximum absolute atomic E-state index is 11.7. The number of benzene rings is 2. The van der Waals surface area contributed by atoms with Crippen LogP contribution in [0.1, 0.15) is 15.9 Å². The van der Waals surface area contributed by atoms with Crippen LogP contribution in [0.15, 0.2) is 78.2 Å². The van der Waals surface area contributed by atoms with Gasteiger partial charge in [0.25, 0.3) is 0 Å². The van der Waals surface area contributed by atoms with Crippen molar-refractivity contribution < 1.29 is 4.79 Å². The number of nitrogens with two attached hydrogens (primary N) is 1. The summed E-state index contributed by atoms with van der Waals surface area (Å²) in [6, 6.07) is 18.5. The molecule has 2 N–H and O–H groups in total. The normalized spacial score (nSPS) is 10.8. The number of thioether (sulfide) groups is 1. The van der Waals surface area contributed by atoms with Crippen LogP contribution in [0.4, 0.5) is 0 Å². The quantitative estimate of drug-likeness (QED) is 0.467. The predicted octanol–water partition coefficient (Wildman–Crippen LogP) is 4.37. The highest BCUT2D eigenvalue weighted by Gasteiger charge is 2.17. The fraction of sp³-hybridized carbons (Fsp3) is 0.0476. The minimum Gasteiger partial charge on any atom is -0.366 e. The number of rotatable bonds is 6. The summed E-state index contributed by atoms with van der Waals surface area (Å²) in [6.07, 6.45) is 3.45. The number of carbonyl (C=O) groups excluding carboxylic acids is 1. The second kappa shape index (κ2) is 8.46. The Morgan fingerprint density at radius 3 is 2.69 bits per heavy atom. The van der Waals surface area contributed by atoms with Crippen LogP contribution in [0.2, 0.25) is 5.02 Å². The molecule has 4 rings (SSSR count). The molecular formula is C21H16ClN5OS. The Labute approximate surface area is 176 Å². The highest BCUT2D eigenvalue weighted by molar-refractivity contribution is 7.98. The number of hydrogen-bond donors (Lipinski definition) is 1. The van der Waals surface area contributed by atoms with Crippen molar-refractivity contribution in [2.24, 2.45) is 5.73 Å². The Bertz CT molecular complexity index is 1160. The van der Waals surface area contributed by atoms with E-state index in [1.165, 1.54) is 11.8 Å². The molecule has 8 heteroatoms. The topological polar surface area (TPSA) is 86.7 Å². The SMILES string of the molecule is NC(=O)c1ccccc1CSc1nnc(-c2cccnc2)n1-c1cccc(Cl)c1. The molecule has 6 nitrogen and oxygen atoms in total. The van der Waals surface area contributed by atoms with E-state index in [2.05, 4.69) is 15.2 Å². The minimum atomic E-state index is -0.450. The molecular weight excluding hydrogens is 406 g/mol. The molecule has 0 aliphatic heterocycles. The van der Waals surface area contributed by atoms with Crippen molar-refractivity contribution in [3.8, 4) is 17.1 Å². The fourth-order valence-electron chi connectivity index (χ4n) is 2.92. The molecule has 0 aliphatic carbocycles. The number of nitrogens with zero attached hydrogens (tertiary/aromatic N) is 4. The molecule has 0 fully saturated rings. The molecule has 4 aromatic rings. The molecule has 0 saturated heterocycles. The first-order valence-electron chi connectivity index (χ1n) is 8.76. The third kappa shape index (κ3) is 4.16. The largest absolute Gasteiger partial charge is 0.366 e. The lowest BCUT2D eigenvalue weighted by atomic mass is 10.1. The standard InChI is InChI=1S/C21H16ClN5OS/c22-16-7-3-8-17(11-16)27-20(14-6-4-10-24-12-14)25-26-21(27)29-13-15-5-1-2-9-18(15)19(23)28/h1-12H,13H2,(H2,23,28). The lowest BCUT2D eigenvalue weighted by molar-refractivity contribution is 0.0999. The zero-order valence-corrected chi connectivity index (χ0v) is 16.8. The van der Waals surface area contributed by atoms with E-state index in [-0.39, 0.29) is 0 Å². The van der Waals surface area contributed by atoms with Gasteiger partial charge >= 0.3 is 0 Å². The molecule has 0 spiro atoms. The van der Waals surface area contributed by atoms with Gasteiger partial charge in [0, 0.05) is 34.3 Å². The Balaban J connectivity index is 1.75. The van der Waals surface area contributed by atoms with Crippen molar-refractivity contribution >= 4 is 29.3 Å². The zero-order valence-electron chi connectivity index (χ0n) is 15.2. The summed E-state index contributed by atoms with van der Waals surface area (Å²) in [6.45, 7) is 0. The van der Waals surface area contributed by atoms with Crippen LogP contribution >= 0.6 is 23.4 Å². The van der Waals surface area contributed by atoms with Gasteiger partial charge in [-0.3, -0.25) is 14.3 Å². The summed E-state index contributed by atoms with van der Waals surface area (Å²) >= 11 is 7.68. The van der Waals surface area contributed by atoms with E-state index < -0.39 is 5.91 Å². The van der Waals surface area contributed by atoms with Crippen LogP contribution in [0.25, 0.3) is 17.1 Å². The molecule has 0 radical (unpaired) electrons. The smallest absolute Gasteiger partial charge is 0.249 e. The molecule has 0 bridgehead atoms. The molecule has 0 aliphatic rings. The van der Waals surface area contributed by atoms with Gasteiger partial charge in [-0.2, -0.15) is 0 Å². The van der Waals surface area contributed by atoms with E-state index in [9.17, 15) is 4.79 Å². The number of primary amides is 1. The first-order valence-corrected chi connectivity index (χ1v) is 10.1. The van der Waals surface area contributed by atoms with Crippen molar-refractivity contribution in [2.75, 3.05) is 0 Å². The molecule has 2 heterocycles. The summed E-state index contributed by atoms with van der Waals surface area (Å²) in [7, 11) is 0. The molecule has 1 amide bonds. The van der Waals surface area contributed by atoms with Crippen molar-refractivity contribution in [1.82, 2.24) is 19.7 Å². The second-order valence-electron chi connectivity index (χ2n) is 6.17. The van der Waals surface area contributed by atoms with Gasteiger partial charge in [0.1, 0.15) is 0 Å². The van der Waals surface area contributed by atoms with Crippen LogP contribution in [-0.4, -0.2) is 25.7 Å². The number of carbonyl (C=O) groups is 1. The van der Waals surface area contributed by atoms with E-state index in [0.29, 0.717) is 27.3 Å². The van der Waals surface area contributed by atoms with Gasteiger partial charge in [-0.15, -0.1) is 10.2 Å². The van der Waals surface area contributed by atoms with Gasteiger partial charge in [-0.25, -0.2) is 0 Å². The van der Waals surface area contributed by atoms with E-state index in [0.717, 1.165) is 16.8 Å². The van der Waals surface area contributed by atoms with Crippen LogP contribution in [-0.2, 0) is 5.75 Å². The monoisotopic (exact) mass is 421 g/mol. The van der Waals surface area contributed by atoms with Gasteiger partial charge in [0.15, 0.2) is 11.0 Å². The Kier molecular flexibility index (Phi) is 5.59. The molecule has 0 atom stereocenters. The first kappa shape index (κ1) is 19.2. The third-order valence-electron chi connectivity index (χ3n) is 4.26. The van der Waals surface area contributed by atoms with Gasteiger partial charge in [0.05, 0.1) is 5.69 Å². The summed E-state index contributed by atoms with van der Waals surface area (Å²) in [5.74, 6) is 0.727.